The molecule has 1 aliphatic carbocycles. The number of benzene rings is 1. The average Bonchev–Trinajstić information content (AvgIpc) is 2.80. The van der Waals surface area contributed by atoms with Gasteiger partial charge in [-0.1, -0.05) is 121 Å². The Bertz CT molecular complexity index is 893. The van der Waals surface area contributed by atoms with Crippen LogP contribution in [0.1, 0.15) is 88.1 Å². The van der Waals surface area contributed by atoms with Crippen LogP contribution in [0.15, 0.2) is 120 Å². The zero-order valence-electron chi connectivity index (χ0n) is 21.6. The van der Waals surface area contributed by atoms with E-state index in [0.29, 0.717) is 0 Å². The molecule has 1 aromatic rings. The lowest BCUT2D eigenvalue weighted by molar-refractivity contribution is 1.00. The molecule has 0 unspecified atom stereocenters. The predicted molar refractivity (Wildman–Crippen MR) is 162 cm³/mol. The minimum absolute atomic E-state index is 0. The fourth-order valence-electron chi connectivity index (χ4n) is 3.49. The highest BCUT2D eigenvalue weighted by Crippen LogP contribution is 2.38. The Balaban J connectivity index is -0.00000127. The Hall–Kier alpha value is -2.86. The summed E-state index contributed by atoms with van der Waals surface area (Å²) in [5.41, 5.74) is 9.60. The Kier molecular flexibility index (Phi) is 21.8. The second-order valence-electron chi connectivity index (χ2n) is 7.46. The maximum Gasteiger partial charge on any atom is -0.00313 e. The van der Waals surface area contributed by atoms with Crippen LogP contribution in [0.2, 0.25) is 0 Å². The number of hydrogen-bond acceptors (Lipinski definition) is 0. The normalized spacial score (nSPS) is 13.2. The molecular weight excluding hydrogens is 408 g/mol. The summed E-state index contributed by atoms with van der Waals surface area (Å²) in [7, 11) is 0. The van der Waals surface area contributed by atoms with Gasteiger partial charge in [0.05, 0.1) is 0 Å². The van der Waals surface area contributed by atoms with Gasteiger partial charge in [-0.3, -0.25) is 0 Å². The summed E-state index contributed by atoms with van der Waals surface area (Å²) >= 11 is 0. The Morgan fingerprint density at radius 2 is 1.47 bits per heavy atom. The minimum Gasteiger partial charge on any atom is -0.103 e. The Morgan fingerprint density at radius 3 is 1.91 bits per heavy atom. The van der Waals surface area contributed by atoms with Crippen molar-refractivity contribution in [1.29, 1.82) is 0 Å². The van der Waals surface area contributed by atoms with Gasteiger partial charge in [-0.05, 0) is 86.0 Å². The van der Waals surface area contributed by atoms with Crippen molar-refractivity contribution in [2.24, 2.45) is 0 Å². The lowest BCUT2D eigenvalue weighted by Crippen LogP contribution is -2.02. The molecule has 0 bridgehead atoms. The fourth-order valence-corrected chi connectivity index (χ4v) is 3.49. The quantitative estimate of drug-likeness (QED) is 0.280. The van der Waals surface area contributed by atoms with Crippen LogP contribution >= 0.6 is 0 Å². The highest BCUT2D eigenvalue weighted by molar-refractivity contribution is 5.90. The minimum atomic E-state index is 0. The molecule has 188 valence electrons. The molecule has 0 radical (unpaired) electrons. The van der Waals surface area contributed by atoms with E-state index < -0.39 is 0 Å². The van der Waals surface area contributed by atoms with E-state index in [1.54, 1.807) is 6.08 Å². The van der Waals surface area contributed by atoms with Crippen LogP contribution in [0.5, 0.6) is 0 Å². The van der Waals surface area contributed by atoms with Gasteiger partial charge in [0.15, 0.2) is 0 Å². The molecule has 0 heterocycles. The maximum atomic E-state index is 4.40. The third-order valence-electron chi connectivity index (χ3n) is 5.00. The van der Waals surface area contributed by atoms with Crippen molar-refractivity contribution in [3.8, 4) is 0 Å². The summed E-state index contributed by atoms with van der Waals surface area (Å²) in [6.45, 7) is 26.5. The number of allylic oxidation sites excluding steroid dienone is 13. The monoisotopic (exact) mass is 460 g/mol. The van der Waals surface area contributed by atoms with Gasteiger partial charge in [-0.2, -0.15) is 0 Å². The van der Waals surface area contributed by atoms with Gasteiger partial charge in [0.1, 0.15) is 0 Å². The zero-order valence-corrected chi connectivity index (χ0v) is 21.6. The lowest BCUT2D eigenvalue weighted by atomic mass is 9.82. The van der Waals surface area contributed by atoms with Gasteiger partial charge in [-0.15, -0.1) is 6.58 Å². The molecule has 0 aliphatic heterocycles. The topological polar surface area (TPSA) is 0 Å². The van der Waals surface area contributed by atoms with E-state index in [9.17, 15) is 0 Å². The summed E-state index contributed by atoms with van der Waals surface area (Å²) in [5.74, 6) is 0. The van der Waals surface area contributed by atoms with E-state index in [1.165, 1.54) is 27.9 Å². The highest BCUT2D eigenvalue weighted by Gasteiger charge is 2.18. The van der Waals surface area contributed by atoms with Crippen molar-refractivity contribution in [1.82, 2.24) is 0 Å². The zero-order chi connectivity index (χ0) is 24.5. The third-order valence-corrected chi connectivity index (χ3v) is 5.00. The van der Waals surface area contributed by atoms with Crippen LogP contribution in [-0.4, -0.2) is 0 Å². The molecule has 0 saturated heterocycles. The van der Waals surface area contributed by atoms with E-state index in [2.05, 4.69) is 108 Å². The van der Waals surface area contributed by atoms with E-state index in [0.717, 1.165) is 36.0 Å². The SMILES string of the molecule is C.C.C=C(C)/C(C(=C)/C=C/C(=C/C)CC)=C(\C1=CCCC=C1C)c1ccccc1.C=CC.CC. The van der Waals surface area contributed by atoms with Crippen molar-refractivity contribution < 1.29 is 0 Å². The molecule has 0 atom stereocenters. The lowest BCUT2D eigenvalue weighted by Gasteiger charge is -2.22. The molecule has 0 N–H and O–H groups in total. The molecule has 2 rings (SSSR count). The molecule has 0 heteroatoms. The van der Waals surface area contributed by atoms with Crippen molar-refractivity contribution in [3.05, 3.63) is 126 Å². The molecule has 34 heavy (non-hydrogen) atoms. The van der Waals surface area contributed by atoms with Gasteiger partial charge < -0.3 is 0 Å². The van der Waals surface area contributed by atoms with Crippen LogP contribution in [0.4, 0.5) is 0 Å². The first-order valence-electron chi connectivity index (χ1n) is 11.8. The molecule has 0 amide bonds. The molecule has 1 aliphatic rings. The largest absolute Gasteiger partial charge is 0.103 e. The first kappa shape index (κ1) is 35.7. The van der Waals surface area contributed by atoms with E-state index >= 15 is 0 Å². The Labute approximate surface area is 213 Å². The molecule has 0 spiro atoms. The van der Waals surface area contributed by atoms with E-state index in [-0.39, 0.29) is 14.9 Å². The highest BCUT2D eigenvalue weighted by atomic mass is 14.2. The molecule has 0 aromatic heterocycles. The fraction of sp³-hybridized carbons (Fsp3) is 0.353. The van der Waals surface area contributed by atoms with E-state index in [1.807, 2.05) is 20.8 Å². The van der Waals surface area contributed by atoms with Crippen LogP contribution in [0, 0.1) is 0 Å². The summed E-state index contributed by atoms with van der Waals surface area (Å²) in [5, 5.41) is 0. The van der Waals surface area contributed by atoms with Gasteiger partial charge in [-0.25, -0.2) is 0 Å². The maximum absolute atomic E-state index is 4.40. The van der Waals surface area contributed by atoms with Crippen molar-refractivity contribution in [3.63, 3.8) is 0 Å². The summed E-state index contributed by atoms with van der Waals surface area (Å²) in [6.07, 6.45) is 16.1. The second-order valence-corrected chi connectivity index (χ2v) is 7.46. The van der Waals surface area contributed by atoms with Crippen LogP contribution < -0.4 is 0 Å². The van der Waals surface area contributed by atoms with Gasteiger partial charge in [0, 0.05) is 0 Å². The third kappa shape index (κ3) is 11.3. The first-order valence-corrected chi connectivity index (χ1v) is 11.8. The summed E-state index contributed by atoms with van der Waals surface area (Å²) in [4.78, 5) is 0. The predicted octanol–water partition coefficient (Wildman–Crippen LogP) is 11.6. The molecule has 0 fully saturated rings. The Morgan fingerprint density at radius 1 is 0.941 bits per heavy atom. The van der Waals surface area contributed by atoms with Crippen molar-refractivity contribution >= 4 is 5.57 Å². The van der Waals surface area contributed by atoms with Crippen molar-refractivity contribution in [2.75, 3.05) is 0 Å². The smallest absolute Gasteiger partial charge is 0.00313 e. The van der Waals surface area contributed by atoms with Crippen LogP contribution in [0.25, 0.3) is 5.57 Å². The molecule has 0 saturated carbocycles. The van der Waals surface area contributed by atoms with Gasteiger partial charge in [0.25, 0.3) is 0 Å². The number of rotatable bonds is 7. The van der Waals surface area contributed by atoms with Gasteiger partial charge in [0.2, 0.25) is 0 Å². The first-order chi connectivity index (χ1) is 15.4. The van der Waals surface area contributed by atoms with E-state index in [4.69, 9.17) is 0 Å². The summed E-state index contributed by atoms with van der Waals surface area (Å²) < 4.78 is 0. The average molecular weight is 461 g/mol. The van der Waals surface area contributed by atoms with Crippen molar-refractivity contribution in [2.45, 2.75) is 82.6 Å². The van der Waals surface area contributed by atoms with Crippen LogP contribution in [-0.2, 0) is 0 Å². The summed E-state index contributed by atoms with van der Waals surface area (Å²) in [6, 6.07) is 10.6. The molecule has 0 nitrogen and oxygen atoms in total. The van der Waals surface area contributed by atoms with Gasteiger partial charge >= 0.3 is 0 Å². The standard InChI is InChI=1S/C27H32.C3H6.C2H6.2CH4/c1-7-23(8-2)19-18-22(6)26(20(3)4)27(24-15-10-9-11-16-24)25-17-13-12-14-21(25)5;1-3-2;1-2;;/h7,9-11,14-19H,3,6,8,12-13H2,1-2,4-5H3;3H,1H2,2H3;1-2H3;2*1H4/b19-18+,23-7+,27-26+;;;;. The van der Waals surface area contributed by atoms with Crippen LogP contribution in [0.3, 0.4) is 0 Å². The molecular formula is C34H52. The number of hydrogen-bond donors (Lipinski definition) is 0. The second kappa shape index (κ2) is 20.7. The molecule has 1 aromatic carbocycles.